The van der Waals surface area contributed by atoms with E-state index in [1.165, 1.54) is 4.90 Å². The summed E-state index contributed by atoms with van der Waals surface area (Å²) in [7, 11) is 0. The number of aryl methyl sites for hydroxylation is 3. The number of hydrogen-bond donors (Lipinski definition) is 2. The second-order valence-electron chi connectivity index (χ2n) is 6.89. The van der Waals surface area contributed by atoms with Gasteiger partial charge in [0.05, 0.1) is 0 Å². The minimum Gasteiger partial charge on any atom is -0.360 e. The molecule has 0 bridgehead atoms. The van der Waals surface area contributed by atoms with Crippen molar-refractivity contribution in [2.75, 3.05) is 23.7 Å². The minimum absolute atomic E-state index is 0.0686. The fraction of sp³-hybridized carbons (Fsp3) is 0.421. The van der Waals surface area contributed by atoms with Crippen molar-refractivity contribution < 1.29 is 14.1 Å². The summed E-state index contributed by atoms with van der Waals surface area (Å²) in [5, 5.41) is 9.26. The van der Waals surface area contributed by atoms with Gasteiger partial charge in [0.15, 0.2) is 5.82 Å². The summed E-state index contributed by atoms with van der Waals surface area (Å²) in [6, 6.07) is 7.13. The number of urea groups is 1. The van der Waals surface area contributed by atoms with Crippen LogP contribution in [0.25, 0.3) is 0 Å². The highest BCUT2D eigenvalue weighted by Crippen LogP contribution is 2.17. The van der Waals surface area contributed by atoms with Crippen LogP contribution in [-0.4, -0.2) is 35.1 Å². The van der Waals surface area contributed by atoms with E-state index >= 15 is 0 Å². The van der Waals surface area contributed by atoms with Crippen LogP contribution in [0.4, 0.5) is 16.3 Å². The smallest absolute Gasteiger partial charge is 0.322 e. The molecule has 0 aliphatic heterocycles. The number of aromatic nitrogens is 1. The Kier molecular flexibility index (Phi) is 6.38. The highest BCUT2D eigenvalue weighted by atomic mass is 16.5. The van der Waals surface area contributed by atoms with Gasteiger partial charge in [0.1, 0.15) is 12.3 Å². The van der Waals surface area contributed by atoms with Gasteiger partial charge < -0.3 is 20.1 Å². The van der Waals surface area contributed by atoms with Crippen LogP contribution in [-0.2, 0) is 4.79 Å². The van der Waals surface area contributed by atoms with Gasteiger partial charge in [-0.1, -0.05) is 36.7 Å². The molecule has 0 unspecified atom stereocenters. The first-order valence-corrected chi connectivity index (χ1v) is 8.61. The van der Waals surface area contributed by atoms with Gasteiger partial charge in [0.25, 0.3) is 0 Å². The van der Waals surface area contributed by atoms with Crippen LogP contribution in [0.3, 0.4) is 0 Å². The molecule has 26 heavy (non-hydrogen) atoms. The van der Waals surface area contributed by atoms with Crippen molar-refractivity contribution in [2.24, 2.45) is 5.92 Å². The molecular weight excluding hydrogens is 332 g/mol. The average molecular weight is 358 g/mol. The van der Waals surface area contributed by atoms with E-state index in [0.717, 1.165) is 16.8 Å². The number of nitrogens with zero attached hydrogens (tertiary/aromatic N) is 2. The van der Waals surface area contributed by atoms with Crippen LogP contribution >= 0.6 is 0 Å². The molecule has 0 fully saturated rings. The SMILES string of the molecule is Cc1ccc(NC(=O)N(CC(=O)Nc2cc(C)on2)CC(C)C)c(C)c1. The lowest BCUT2D eigenvalue weighted by Crippen LogP contribution is -2.42. The first-order chi connectivity index (χ1) is 12.2. The Morgan fingerprint density at radius 1 is 1.15 bits per heavy atom. The minimum atomic E-state index is -0.324. The van der Waals surface area contributed by atoms with Crippen molar-refractivity contribution in [3.63, 3.8) is 0 Å². The highest BCUT2D eigenvalue weighted by Gasteiger charge is 2.20. The molecule has 0 aliphatic carbocycles. The Morgan fingerprint density at radius 2 is 1.88 bits per heavy atom. The van der Waals surface area contributed by atoms with Gasteiger partial charge in [0.2, 0.25) is 5.91 Å². The van der Waals surface area contributed by atoms with E-state index in [4.69, 9.17) is 4.52 Å². The molecular formula is C19H26N4O3. The molecule has 0 aliphatic rings. The lowest BCUT2D eigenvalue weighted by molar-refractivity contribution is -0.116. The van der Waals surface area contributed by atoms with Crippen molar-refractivity contribution in [3.05, 3.63) is 41.2 Å². The third-order valence-corrected chi connectivity index (χ3v) is 3.73. The summed E-state index contributed by atoms with van der Waals surface area (Å²) in [5.74, 6) is 0.843. The second kappa shape index (κ2) is 8.51. The normalized spacial score (nSPS) is 10.7. The zero-order chi connectivity index (χ0) is 19.3. The summed E-state index contributed by atoms with van der Waals surface area (Å²) >= 11 is 0. The summed E-state index contributed by atoms with van der Waals surface area (Å²) in [4.78, 5) is 26.4. The van der Waals surface area contributed by atoms with Crippen LogP contribution in [0.5, 0.6) is 0 Å². The van der Waals surface area contributed by atoms with Crippen LogP contribution in [0.15, 0.2) is 28.8 Å². The van der Waals surface area contributed by atoms with Gasteiger partial charge in [-0.25, -0.2) is 4.79 Å². The molecule has 140 valence electrons. The lowest BCUT2D eigenvalue weighted by Gasteiger charge is -2.24. The van der Waals surface area contributed by atoms with Crippen molar-refractivity contribution in [1.82, 2.24) is 10.1 Å². The molecule has 3 amide bonds. The molecule has 2 rings (SSSR count). The molecule has 2 N–H and O–H groups in total. The van der Waals surface area contributed by atoms with E-state index in [-0.39, 0.29) is 24.4 Å². The Labute approximate surface area is 153 Å². The first kappa shape index (κ1) is 19.5. The van der Waals surface area contributed by atoms with E-state index in [1.807, 2.05) is 45.9 Å². The van der Waals surface area contributed by atoms with Gasteiger partial charge in [-0.2, -0.15) is 0 Å². The number of nitrogens with one attached hydrogen (secondary N) is 2. The quantitative estimate of drug-likeness (QED) is 0.824. The molecule has 0 atom stereocenters. The van der Waals surface area contributed by atoms with Gasteiger partial charge in [-0.3, -0.25) is 4.79 Å². The third-order valence-electron chi connectivity index (χ3n) is 3.73. The van der Waals surface area contributed by atoms with Gasteiger partial charge in [-0.05, 0) is 38.3 Å². The fourth-order valence-corrected chi connectivity index (χ4v) is 2.59. The number of anilines is 2. The summed E-state index contributed by atoms with van der Waals surface area (Å²) in [5.41, 5.74) is 2.84. The Hall–Kier alpha value is -2.83. The topological polar surface area (TPSA) is 87.5 Å². The Morgan fingerprint density at radius 3 is 2.46 bits per heavy atom. The monoisotopic (exact) mass is 358 g/mol. The molecule has 0 radical (unpaired) electrons. The zero-order valence-corrected chi connectivity index (χ0v) is 15.9. The predicted octanol–water partition coefficient (Wildman–Crippen LogP) is 3.73. The maximum atomic E-state index is 12.7. The third kappa shape index (κ3) is 5.61. The highest BCUT2D eigenvalue weighted by molar-refractivity contribution is 5.96. The molecule has 0 saturated carbocycles. The number of carbonyl (C=O) groups is 2. The maximum Gasteiger partial charge on any atom is 0.322 e. The lowest BCUT2D eigenvalue weighted by atomic mass is 10.1. The number of carbonyl (C=O) groups excluding carboxylic acids is 2. The van der Waals surface area contributed by atoms with Gasteiger partial charge in [0, 0.05) is 18.3 Å². The van der Waals surface area contributed by atoms with E-state index in [1.54, 1.807) is 13.0 Å². The average Bonchev–Trinajstić information content (AvgIpc) is 2.93. The van der Waals surface area contributed by atoms with E-state index in [2.05, 4.69) is 15.8 Å². The Bertz CT molecular complexity index is 783. The number of benzene rings is 1. The summed E-state index contributed by atoms with van der Waals surface area (Å²) in [6.45, 7) is 10.1. The molecule has 1 aromatic heterocycles. The van der Waals surface area contributed by atoms with Crippen LogP contribution in [0.1, 0.15) is 30.7 Å². The predicted molar refractivity (Wildman–Crippen MR) is 101 cm³/mol. The zero-order valence-electron chi connectivity index (χ0n) is 15.9. The maximum absolute atomic E-state index is 12.7. The van der Waals surface area contributed by atoms with Crippen LogP contribution in [0.2, 0.25) is 0 Å². The molecule has 0 saturated heterocycles. The largest absolute Gasteiger partial charge is 0.360 e. The van der Waals surface area contributed by atoms with Gasteiger partial charge in [-0.15, -0.1) is 0 Å². The van der Waals surface area contributed by atoms with Crippen molar-refractivity contribution in [1.29, 1.82) is 0 Å². The molecule has 7 nitrogen and oxygen atoms in total. The van der Waals surface area contributed by atoms with E-state index in [0.29, 0.717) is 18.1 Å². The number of rotatable bonds is 6. The fourth-order valence-electron chi connectivity index (χ4n) is 2.59. The van der Waals surface area contributed by atoms with Crippen molar-refractivity contribution in [3.8, 4) is 0 Å². The Balaban J connectivity index is 2.05. The standard InChI is InChI=1S/C19H26N4O3/c1-12(2)10-23(11-18(24)21-17-9-15(5)26-22-17)19(25)20-16-7-6-13(3)8-14(16)4/h6-9,12H,10-11H2,1-5H3,(H,20,25)(H,21,22,24). The first-order valence-electron chi connectivity index (χ1n) is 8.61. The molecule has 1 aromatic carbocycles. The molecule has 2 aromatic rings. The summed E-state index contributed by atoms with van der Waals surface area (Å²) in [6.07, 6.45) is 0. The molecule has 7 heteroatoms. The molecule has 0 spiro atoms. The van der Waals surface area contributed by atoms with E-state index in [9.17, 15) is 9.59 Å². The van der Waals surface area contributed by atoms with E-state index < -0.39 is 0 Å². The van der Waals surface area contributed by atoms with Crippen molar-refractivity contribution >= 4 is 23.4 Å². The number of amides is 3. The summed E-state index contributed by atoms with van der Waals surface area (Å²) < 4.78 is 4.93. The van der Waals surface area contributed by atoms with Gasteiger partial charge >= 0.3 is 6.03 Å². The van der Waals surface area contributed by atoms with Crippen LogP contribution in [0, 0.1) is 26.7 Å². The molecule has 1 heterocycles. The second-order valence-corrected chi connectivity index (χ2v) is 6.89. The van der Waals surface area contributed by atoms with Crippen molar-refractivity contribution in [2.45, 2.75) is 34.6 Å². The number of hydrogen-bond acceptors (Lipinski definition) is 4. The van der Waals surface area contributed by atoms with Crippen LogP contribution < -0.4 is 10.6 Å².